The number of piperidine rings is 1. The molecule has 0 radical (unpaired) electrons. The quantitative estimate of drug-likeness (QED) is 0.554. The molecule has 0 aromatic rings. The standard InChI is InChI=1S/C18H34N6/c1-2-19-18(20-13-17-14-22-9-11-24(17)12-10-22)21-15-5-7-23(8-6-15)16-3-4-16/h15-17H,2-14H2,1H3,(H2,19,20,21). The Morgan fingerprint density at radius 3 is 2.29 bits per heavy atom. The fraction of sp³-hybridized carbons (Fsp3) is 0.944. The molecule has 6 nitrogen and oxygen atoms in total. The van der Waals surface area contributed by atoms with E-state index in [4.69, 9.17) is 4.99 Å². The lowest BCUT2D eigenvalue weighted by molar-refractivity contribution is 0.0174. The van der Waals surface area contributed by atoms with Crippen molar-refractivity contribution in [2.75, 3.05) is 58.9 Å². The SMILES string of the molecule is CCNC(=NCC1CN2CCN1CC2)NC1CCN(C2CC2)CC1. The number of piperazine rings is 3. The van der Waals surface area contributed by atoms with Crippen LogP contribution in [0, 0.1) is 0 Å². The highest BCUT2D eigenvalue weighted by atomic mass is 15.3. The van der Waals surface area contributed by atoms with Crippen molar-refractivity contribution in [3.8, 4) is 0 Å². The summed E-state index contributed by atoms with van der Waals surface area (Å²) < 4.78 is 0. The normalized spacial score (nSPS) is 35.2. The van der Waals surface area contributed by atoms with Gasteiger partial charge in [-0.25, -0.2) is 0 Å². The van der Waals surface area contributed by atoms with Crippen molar-refractivity contribution in [3.63, 3.8) is 0 Å². The smallest absolute Gasteiger partial charge is 0.191 e. The molecule has 0 spiro atoms. The predicted molar refractivity (Wildman–Crippen MR) is 98.5 cm³/mol. The van der Waals surface area contributed by atoms with Crippen molar-refractivity contribution < 1.29 is 0 Å². The minimum absolute atomic E-state index is 0.588. The minimum atomic E-state index is 0.588. The molecule has 0 amide bonds. The molecule has 0 aromatic heterocycles. The number of aliphatic imine (C=N–C) groups is 1. The molecule has 6 heteroatoms. The Bertz CT molecular complexity index is 433. The lowest BCUT2D eigenvalue weighted by Gasteiger charge is -2.47. The molecule has 136 valence electrons. The van der Waals surface area contributed by atoms with Crippen LogP contribution in [0.25, 0.3) is 0 Å². The Balaban J connectivity index is 1.27. The molecule has 24 heavy (non-hydrogen) atoms. The van der Waals surface area contributed by atoms with Gasteiger partial charge in [0.25, 0.3) is 0 Å². The molecule has 0 aromatic carbocycles. The van der Waals surface area contributed by atoms with Crippen molar-refractivity contribution in [2.24, 2.45) is 4.99 Å². The van der Waals surface area contributed by atoms with Crippen LogP contribution in [0.4, 0.5) is 0 Å². The van der Waals surface area contributed by atoms with Gasteiger partial charge in [0, 0.05) is 70.5 Å². The Morgan fingerprint density at radius 2 is 1.71 bits per heavy atom. The maximum atomic E-state index is 4.93. The summed E-state index contributed by atoms with van der Waals surface area (Å²) in [5.41, 5.74) is 0. The van der Waals surface area contributed by atoms with E-state index >= 15 is 0 Å². The molecule has 5 rings (SSSR count). The largest absolute Gasteiger partial charge is 0.357 e. The van der Waals surface area contributed by atoms with Gasteiger partial charge in [0.2, 0.25) is 0 Å². The van der Waals surface area contributed by atoms with Gasteiger partial charge in [-0.1, -0.05) is 0 Å². The van der Waals surface area contributed by atoms with Gasteiger partial charge in [0.05, 0.1) is 6.54 Å². The summed E-state index contributed by atoms with van der Waals surface area (Å²) in [7, 11) is 0. The number of hydrogen-bond acceptors (Lipinski definition) is 4. The van der Waals surface area contributed by atoms with Crippen molar-refractivity contribution in [1.29, 1.82) is 0 Å². The summed E-state index contributed by atoms with van der Waals surface area (Å²) in [4.78, 5) is 12.8. The molecule has 1 saturated carbocycles. The third kappa shape index (κ3) is 4.03. The first kappa shape index (κ1) is 16.6. The zero-order chi connectivity index (χ0) is 16.4. The van der Waals surface area contributed by atoms with Gasteiger partial charge in [0.15, 0.2) is 5.96 Å². The van der Waals surface area contributed by atoms with Gasteiger partial charge >= 0.3 is 0 Å². The molecule has 1 atom stereocenters. The van der Waals surface area contributed by atoms with Crippen LogP contribution in [0.2, 0.25) is 0 Å². The van der Waals surface area contributed by atoms with E-state index in [9.17, 15) is 0 Å². The summed E-state index contributed by atoms with van der Waals surface area (Å²) in [6.45, 7) is 12.7. The predicted octanol–water partition coefficient (Wildman–Crippen LogP) is 0.168. The monoisotopic (exact) mass is 334 g/mol. The first-order valence-electron chi connectivity index (χ1n) is 10.1. The molecule has 4 aliphatic heterocycles. The third-order valence-electron chi connectivity index (χ3n) is 6.13. The topological polar surface area (TPSA) is 46.1 Å². The molecule has 5 fully saturated rings. The molecule has 2 bridgehead atoms. The maximum absolute atomic E-state index is 4.93. The van der Waals surface area contributed by atoms with Crippen LogP contribution in [-0.4, -0.2) is 97.7 Å². The van der Waals surface area contributed by atoms with E-state index < -0.39 is 0 Å². The van der Waals surface area contributed by atoms with E-state index in [1.165, 1.54) is 71.5 Å². The Labute approximate surface area is 146 Å². The Morgan fingerprint density at radius 1 is 0.958 bits per heavy atom. The molecule has 2 N–H and O–H groups in total. The van der Waals surface area contributed by atoms with Crippen molar-refractivity contribution in [3.05, 3.63) is 0 Å². The number of rotatable bonds is 5. The van der Waals surface area contributed by atoms with Crippen LogP contribution in [-0.2, 0) is 0 Å². The fourth-order valence-corrected chi connectivity index (χ4v) is 4.46. The summed E-state index contributed by atoms with van der Waals surface area (Å²) in [6.07, 6.45) is 5.36. The average Bonchev–Trinajstić information content (AvgIpc) is 3.47. The van der Waals surface area contributed by atoms with Crippen molar-refractivity contribution >= 4 is 5.96 Å². The average molecular weight is 335 g/mol. The summed E-state index contributed by atoms with van der Waals surface area (Å²) in [5.74, 6) is 1.03. The first-order chi connectivity index (χ1) is 11.8. The third-order valence-corrected chi connectivity index (χ3v) is 6.13. The number of likely N-dealkylation sites (tertiary alicyclic amines) is 1. The van der Waals surface area contributed by atoms with E-state index in [1.54, 1.807) is 0 Å². The van der Waals surface area contributed by atoms with E-state index in [2.05, 4.69) is 32.3 Å². The molecular formula is C18H34N6. The van der Waals surface area contributed by atoms with Gasteiger partial charge in [0.1, 0.15) is 0 Å². The van der Waals surface area contributed by atoms with Crippen LogP contribution in [0.1, 0.15) is 32.6 Å². The highest BCUT2D eigenvalue weighted by molar-refractivity contribution is 5.80. The van der Waals surface area contributed by atoms with Crippen LogP contribution >= 0.6 is 0 Å². The Kier molecular flexibility index (Phi) is 5.25. The second-order valence-electron chi connectivity index (χ2n) is 7.90. The number of fused-ring (bicyclic) bond motifs is 3. The van der Waals surface area contributed by atoms with Crippen LogP contribution in [0.5, 0.6) is 0 Å². The van der Waals surface area contributed by atoms with Crippen molar-refractivity contribution in [1.82, 2.24) is 25.3 Å². The number of nitrogens with zero attached hydrogens (tertiary/aromatic N) is 4. The fourth-order valence-electron chi connectivity index (χ4n) is 4.46. The number of hydrogen-bond donors (Lipinski definition) is 2. The lowest BCUT2D eigenvalue weighted by atomic mass is 10.1. The number of guanidine groups is 1. The first-order valence-corrected chi connectivity index (χ1v) is 10.1. The van der Waals surface area contributed by atoms with Gasteiger partial charge in [-0.2, -0.15) is 0 Å². The summed E-state index contributed by atoms with van der Waals surface area (Å²) in [6, 6.07) is 2.11. The highest BCUT2D eigenvalue weighted by Crippen LogP contribution is 2.29. The highest BCUT2D eigenvalue weighted by Gasteiger charge is 2.33. The second kappa shape index (κ2) is 7.58. The Hall–Kier alpha value is -0.850. The van der Waals surface area contributed by atoms with E-state index in [0.717, 1.165) is 25.1 Å². The van der Waals surface area contributed by atoms with Crippen LogP contribution < -0.4 is 10.6 Å². The molecule has 5 aliphatic rings. The minimum Gasteiger partial charge on any atom is -0.357 e. The van der Waals surface area contributed by atoms with Crippen LogP contribution in [0.15, 0.2) is 4.99 Å². The molecule has 4 heterocycles. The summed E-state index contributed by atoms with van der Waals surface area (Å²) in [5, 5.41) is 7.15. The van der Waals surface area contributed by atoms with E-state index in [0.29, 0.717) is 12.1 Å². The zero-order valence-corrected chi connectivity index (χ0v) is 15.2. The van der Waals surface area contributed by atoms with E-state index in [-0.39, 0.29) is 0 Å². The molecule has 1 unspecified atom stereocenters. The maximum Gasteiger partial charge on any atom is 0.191 e. The van der Waals surface area contributed by atoms with E-state index in [1.807, 2.05) is 0 Å². The number of nitrogens with one attached hydrogen (secondary N) is 2. The lowest BCUT2D eigenvalue weighted by Crippen LogP contribution is -2.62. The summed E-state index contributed by atoms with van der Waals surface area (Å²) >= 11 is 0. The van der Waals surface area contributed by atoms with Gasteiger partial charge in [-0.15, -0.1) is 0 Å². The van der Waals surface area contributed by atoms with Gasteiger partial charge < -0.3 is 15.5 Å². The molecule has 4 saturated heterocycles. The zero-order valence-electron chi connectivity index (χ0n) is 15.2. The van der Waals surface area contributed by atoms with Crippen LogP contribution in [0.3, 0.4) is 0 Å². The van der Waals surface area contributed by atoms with Gasteiger partial charge in [-0.05, 0) is 32.6 Å². The molecular weight excluding hydrogens is 300 g/mol. The molecule has 1 aliphatic carbocycles. The second-order valence-corrected chi connectivity index (χ2v) is 7.90. The van der Waals surface area contributed by atoms with Crippen molar-refractivity contribution in [2.45, 2.75) is 50.7 Å². The van der Waals surface area contributed by atoms with Gasteiger partial charge in [-0.3, -0.25) is 14.8 Å².